The van der Waals surface area contributed by atoms with E-state index in [9.17, 15) is 4.79 Å². The molecule has 18 heavy (non-hydrogen) atoms. The topological polar surface area (TPSA) is 29.1 Å². The number of amides is 1. The van der Waals surface area contributed by atoms with Crippen LogP contribution in [0.15, 0.2) is 46.3 Å². The molecule has 1 N–H and O–H groups in total. The van der Waals surface area contributed by atoms with Crippen LogP contribution in [0.2, 0.25) is 0 Å². The van der Waals surface area contributed by atoms with Crippen LogP contribution in [0.1, 0.15) is 16.9 Å². The van der Waals surface area contributed by atoms with Crippen molar-refractivity contribution in [3.8, 4) is 0 Å². The second kappa shape index (κ2) is 6.71. The summed E-state index contributed by atoms with van der Waals surface area (Å²) in [6.07, 6.45) is 1.37. The summed E-state index contributed by atoms with van der Waals surface area (Å²) in [6.45, 7) is 0.586. The van der Waals surface area contributed by atoms with Crippen molar-refractivity contribution in [1.82, 2.24) is 5.32 Å². The highest BCUT2D eigenvalue weighted by Crippen LogP contribution is 2.12. The van der Waals surface area contributed by atoms with Crippen molar-refractivity contribution in [3.63, 3.8) is 0 Å². The average Bonchev–Trinajstić information content (AvgIpc) is 2.87. The molecular weight excluding hydrogens is 310 g/mol. The van der Waals surface area contributed by atoms with Gasteiger partial charge in [0.2, 0.25) is 5.91 Å². The second-order valence-electron chi connectivity index (χ2n) is 3.99. The van der Waals surface area contributed by atoms with E-state index in [0.29, 0.717) is 13.0 Å². The molecule has 0 aliphatic carbocycles. The fourth-order valence-corrected chi connectivity index (χ4v) is 2.78. The van der Waals surface area contributed by atoms with Crippen LogP contribution in [0, 0.1) is 0 Å². The lowest BCUT2D eigenvalue weighted by Crippen LogP contribution is -2.22. The number of thiophene rings is 1. The molecule has 1 heterocycles. The minimum Gasteiger partial charge on any atom is -0.352 e. The zero-order chi connectivity index (χ0) is 12.8. The first-order valence-corrected chi connectivity index (χ1v) is 7.45. The number of carbonyl (C=O) groups is 1. The third-order valence-electron chi connectivity index (χ3n) is 2.56. The van der Waals surface area contributed by atoms with E-state index in [0.717, 1.165) is 16.5 Å². The van der Waals surface area contributed by atoms with Crippen molar-refractivity contribution in [2.45, 2.75) is 19.4 Å². The molecule has 0 aliphatic heterocycles. The zero-order valence-corrected chi connectivity index (χ0v) is 12.3. The Hall–Kier alpha value is -1.13. The van der Waals surface area contributed by atoms with Crippen LogP contribution in [0.4, 0.5) is 0 Å². The standard InChI is InChI=1S/C14H14BrNOS/c15-12-4-1-3-11(9-12)10-16-14(17)7-6-13-5-2-8-18-13/h1-5,8-9H,6-7,10H2,(H,16,17). The lowest BCUT2D eigenvalue weighted by Gasteiger charge is -2.05. The maximum absolute atomic E-state index is 11.7. The summed E-state index contributed by atoms with van der Waals surface area (Å²) < 4.78 is 1.04. The maximum Gasteiger partial charge on any atom is 0.220 e. The fraction of sp³-hybridized carbons (Fsp3) is 0.214. The monoisotopic (exact) mass is 323 g/mol. The van der Waals surface area contributed by atoms with Gasteiger partial charge >= 0.3 is 0 Å². The van der Waals surface area contributed by atoms with Gasteiger partial charge in [0.1, 0.15) is 0 Å². The molecule has 0 aliphatic rings. The van der Waals surface area contributed by atoms with Gasteiger partial charge in [-0.1, -0.05) is 34.1 Å². The predicted molar refractivity (Wildman–Crippen MR) is 78.6 cm³/mol. The molecule has 1 aromatic carbocycles. The van der Waals surface area contributed by atoms with E-state index < -0.39 is 0 Å². The minimum absolute atomic E-state index is 0.100. The Labute approximate surface area is 119 Å². The summed E-state index contributed by atoms with van der Waals surface area (Å²) in [7, 11) is 0. The molecule has 0 fully saturated rings. The third-order valence-corrected chi connectivity index (χ3v) is 3.99. The molecule has 2 nitrogen and oxygen atoms in total. The fourth-order valence-electron chi connectivity index (χ4n) is 1.63. The first-order valence-electron chi connectivity index (χ1n) is 5.77. The minimum atomic E-state index is 0.100. The van der Waals surface area contributed by atoms with E-state index >= 15 is 0 Å². The summed E-state index contributed by atoms with van der Waals surface area (Å²) in [5.41, 5.74) is 1.11. The molecule has 0 saturated heterocycles. The van der Waals surface area contributed by atoms with Crippen molar-refractivity contribution in [3.05, 3.63) is 56.7 Å². The molecule has 0 spiro atoms. The molecule has 1 amide bonds. The Morgan fingerprint density at radius 1 is 1.28 bits per heavy atom. The normalized spacial score (nSPS) is 10.3. The Morgan fingerprint density at radius 2 is 2.17 bits per heavy atom. The molecular formula is C14H14BrNOS. The SMILES string of the molecule is O=C(CCc1cccs1)NCc1cccc(Br)c1. The largest absolute Gasteiger partial charge is 0.352 e. The van der Waals surface area contributed by atoms with Gasteiger partial charge < -0.3 is 5.32 Å². The Bertz CT molecular complexity index is 510. The molecule has 0 radical (unpaired) electrons. The molecule has 4 heteroatoms. The smallest absolute Gasteiger partial charge is 0.220 e. The van der Waals surface area contributed by atoms with E-state index in [-0.39, 0.29) is 5.91 Å². The summed E-state index contributed by atoms with van der Waals surface area (Å²) in [5, 5.41) is 4.97. The van der Waals surface area contributed by atoms with Gasteiger partial charge in [-0.05, 0) is 35.6 Å². The molecule has 1 aromatic heterocycles. The van der Waals surface area contributed by atoms with Crippen LogP contribution in [0.25, 0.3) is 0 Å². The van der Waals surface area contributed by atoms with Crippen LogP contribution < -0.4 is 5.32 Å². The third kappa shape index (κ3) is 4.27. The van der Waals surface area contributed by atoms with Gasteiger partial charge in [-0.15, -0.1) is 11.3 Å². The maximum atomic E-state index is 11.7. The zero-order valence-electron chi connectivity index (χ0n) is 9.86. The van der Waals surface area contributed by atoms with Crippen LogP contribution in [0.3, 0.4) is 0 Å². The lowest BCUT2D eigenvalue weighted by molar-refractivity contribution is -0.121. The van der Waals surface area contributed by atoms with Gasteiger partial charge in [-0.3, -0.25) is 4.79 Å². The lowest BCUT2D eigenvalue weighted by atomic mass is 10.2. The number of hydrogen-bond donors (Lipinski definition) is 1. The van der Waals surface area contributed by atoms with E-state index in [1.165, 1.54) is 4.88 Å². The summed E-state index contributed by atoms with van der Waals surface area (Å²) in [4.78, 5) is 12.9. The van der Waals surface area contributed by atoms with Gasteiger partial charge in [-0.25, -0.2) is 0 Å². The number of benzene rings is 1. The highest BCUT2D eigenvalue weighted by atomic mass is 79.9. The van der Waals surface area contributed by atoms with Crippen molar-refractivity contribution >= 4 is 33.2 Å². The average molecular weight is 324 g/mol. The molecule has 0 bridgehead atoms. The summed E-state index contributed by atoms with van der Waals surface area (Å²) in [5.74, 6) is 0.100. The van der Waals surface area contributed by atoms with E-state index in [1.54, 1.807) is 11.3 Å². The van der Waals surface area contributed by atoms with Gasteiger partial charge in [-0.2, -0.15) is 0 Å². The highest BCUT2D eigenvalue weighted by Gasteiger charge is 2.03. The van der Waals surface area contributed by atoms with Gasteiger partial charge in [0.05, 0.1) is 0 Å². The quantitative estimate of drug-likeness (QED) is 0.891. The Kier molecular flexibility index (Phi) is 4.96. The van der Waals surface area contributed by atoms with Gasteiger partial charge in [0.15, 0.2) is 0 Å². The molecule has 94 valence electrons. The second-order valence-corrected chi connectivity index (χ2v) is 5.93. The van der Waals surface area contributed by atoms with Crippen LogP contribution in [-0.2, 0) is 17.8 Å². The van der Waals surface area contributed by atoms with Crippen LogP contribution in [0.5, 0.6) is 0 Å². The molecule has 2 rings (SSSR count). The Balaban J connectivity index is 1.75. The van der Waals surface area contributed by atoms with E-state index in [4.69, 9.17) is 0 Å². The number of rotatable bonds is 5. The number of carbonyl (C=O) groups excluding carboxylic acids is 1. The molecule has 0 saturated carbocycles. The molecule has 2 aromatic rings. The van der Waals surface area contributed by atoms with Crippen molar-refractivity contribution in [2.24, 2.45) is 0 Å². The van der Waals surface area contributed by atoms with Crippen molar-refractivity contribution in [1.29, 1.82) is 0 Å². The predicted octanol–water partition coefficient (Wildman–Crippen LogP) is 3.76. The van der Waals surface area contributed by atoms with E-state index in [1.807, 2.05) is 35.7 Å². The number of nitrogens with one attached hydrogen (secondary N) is 1. The molecule has 0 unspecified atom stereocenters. The Morgan fingerprint density at radius 3 is 2.89 bits per heavy atom. The highest BCUT2D eigenvalue weighted by molar-refractivity contribution is 9.10. The number of aryl methyl sites for hydroxylation is 1. The number of hydrogen-bond acceptors (Lipinski definition) is 2. The summed E-state index contributed by atoms with van der Waals surface area (Å²) in [6, 6.07) is 12.0. The van der Waals surface area contributed by atoms with Crippen LogP contribution in [-0.4, -0.2) is 5.91 Å². The van der Waals surface area contributed by atoms with Crippen LogP contribution >= 0.6 is 27.3 Å². The van der Waals surface area contributed by atoms with E-state index in [2.05, 4.69) is 27.3 Å². The van der Waals surface area contributed by atoms with Crippen molar-refractivity contribution < 1.29 is 4.79 Å². The first kappa shape index (κ1) is 13.3. The van der Waals surface area contributed by atoms with Crippen molar-refractivity contribution in [2.75, 3.05) is 0 Å². The summed E-state index contributed by atoms with van der Waals surface area (Å²) >= 11 is 5.11. The number of halogens is 1. The van der Waals surface area contributed by atoms with Gasteiger partial charge in [0.25, 0.3) is 0 Å². The van der Waals surface area contributed by atoms with Gasteiger partial charge in [0, 0.05) is 22.3 Å². The molecule has 0 atom stereocenters. The first-order chi connectivity index (χ1) is 8.74.